The second kappa shape index (κ2) is 12.6. The molecule has 0 radical (unpaired) electrons. The van der Waals surface area contributed by atoms with Crippen LogP contribution in [0.15, 0.2) is 91.5 Å². The molecule has 2 aliphatic rings. The number of fused-ring (bicyclic) bond motifs is 2. The first-order valence-corrected chi connectivity index (χ1v) is 14.8. The van der Waals surface area contributed by atoms with Gasteiger partial charge in [0.05, 0.1) is 0 Å². The number of benzene rings is 4. The summed E-state index contributed by atoms with van der Waals surface area (Å²) in [4.78, 5) is 0. The van der Waals surface area contributed by atoms with Crippen LogP contribution < -0.4 is 0 Å². The summed E-state index contributed by atoms with van der Waals surface area (Å²) >= 11 is -0.659. The van der Waals surface area contributed by atoms with Crippen molar-refractivity contribution in [3.8, 4) is 0 Å². The molecular formula is C32H26F4N2Zr. The molecule has 6 rings (SSSR count). The Kier molecular flexibility index (Phi) is 9.24. The molecule has 0 bridgehead atoms. The maximum Gasteiger partial charge on any atom is 0.111 e. The van der Waals surface area contributed by atoms with Crippen molar-refractivity contribution in [1.82, 2.24) is 0 Å². The minimum Gasteiger partial charge on any atom is -0.694 e. The van der Waals surface area contributed by atoms with Crippen LogP contribution in [0.3, 0.4) is 0 Å². The van der Waals surface area contributed by atoms with E-state index in [4.69, 9.17) is 11.5 Å². The van der Waals surface area contributed by atoms with E-state index in [1.165, 1.54) is 34.4 Å². The van der Waals surface area contributed by atoms with Crippen LogP contribution in [-0.4, -0.2) is 0 Å². The quantitative estimate of drug-likeness (QED) is 0.204. The van der Waals surface area contributed by atoms with Gasteiger partial charge in [-0.15, -0.1) is 0 Å². The zero-order chi connectivity index (χ0) is 28.1. The van der Waals surface area contributed by atoms with E-state index >= 15 is 0 Å². The van der Waals surface area contributed by atoms with Gasteiger partial charge in [0.2, 0.25) is 0 Å². The van der Waals surface area contributed by atoms with Crippen molar-refractivity contribution in [2.24, 2.45) is 0 Å². The number of nitrogens with one attached hydrogen (secondary N) is 2. The molecule has 2 nitrogen and oxygen atoms in total. The van der Waals surface area contributed by atoms with E-state index in [1.807, 2.05) is 0 Å². The van der Waals surface area contributed by atoms with E-state index < -0.39 is 57.9 Å². The van der Waals surface area contributed by atoms with E-state index in [0.717, 1.165) is 24.3 Å². The summed E-state index contributed by atoms with van der Waals surface area (Å²) in [6.07, 6.45) is 4.95. The Balaban J connectivity index is 0.000000162. The van der Waals surface area contributed by atoms with Gasteiger partial charge in [-0.3, -0.25) is 0 Å². The molecule has 0 fully saturated rings. The summed E-state index contributed by atoms with van der Waals surface area (Å²) in [6, 6.07) is 24.4. The average molecular weight is 606 g/mol. The molecule has 2 unspecified atom stereocenters. The predicted molar refractivity (Wildman–Crippen MR) is 146 cm³/mol. The van der Waals surface area contributed by atoms with E-state index in [0.29, 0.717) is 11.8 Å². The van der Waals surface area contributed by atoms with Crippen molar-refractivity contribution in [3.05, 3.63) is 148 Å². The van der Waals surface area contributed by atoms with Crippen molar-refractivity contribution >= 4 is 23.5 Å². The van der Waals surface area contributed by atoms with Crippen LogP contribution in [-0.2, 0) is 23.2 Å². The van der Waals surface area contributed by atoms with Crippen molar-refractivity contribution in [1.29, 1.82) is 0 Å². The van der Waals surface area contributed by atoms with Crippen LogP contribution >= 0.6 is 0 Å². The molecule has 39 heavy (non-hydrogen) atoms. The van der Waals surface area contributed by atoms with Crippen molar-refractivity contribution < 1.29 is 40.8 Å². The molecule has 0 saturated heterocycles. The summed E-state index contributed by atoms with van der Waals surface area (Å²) in [7, 11) is 0. The van der Waals surface area contributed by atoms with Gasteiger partial charge in [-0.1, -0.05) is 23.5 Å². The van der Waals surface area contributed by atoms with Crippen molar-refractivity contribution in [2.75, 3.05) is 0 Å². The molecule has 0 aromatic heterocycles. The fourth-order valence-corrected chi connectivity index (χ4v) is 8.21. The maximum absolute atomic E-state index is 12.2. The summed E-state index contributed by atoms with van der Waals surface area (Å²) in [6.45, 7) is 4.76. The Morgan fingerprint density at radius 2 is 0.846 bits per heavy atom. The maximum atomic E-state index is 12.2. The van der Waals surface area contributed by atoms with Gasteiger partial charge in [-0.25, -0.2) is 17.6 Å². The van der Waals surface area contributed by atoms with Gasteiger partial charge < -0.3 is 11.5 Å². The fraction of sp³-hybridized carbons (Fsp3) is 0.125. The van der Waals surface area contributed by atoms with E-state index in [2.05, 4.69) is 74.5 Å². The molecular weight excluding hydrogens is 580 g/mol. The second-order valence-electron chi connectivity index (χ2n) is 9.22. The Hall–Kier alpha value is -3.44. The normalized spacial score (nSPS) is 16.4. The summed E-state index contributed by atoms with van der Waals surface area (Å²) in [5.41, 5.74) is 18.0. The van der Waals surface area contributed by atoms with Gasteiger partial charge in [-0.2, -0.15) is 0 Å². The van der Waals surface area contributed by atoms with Gasteiger partial charge in [-0.05, 0) is 24.3 Å². The number of halogens is 4. The first-order valence-electron chi connectivity index (χ1n) is 12.4. The Morgan fingerprint density at radius 1 is 0.513 bits per heavy atom. The van der Waals surface area contributed by atoms with Gasteiger partial charge in [0, 0.05) is 0 Å². The van der Waals surface area contributed by atoms with E-state index in [9.17, 15) is 17.6 Å². The first-order chi connectivity index (χ1) is 18.7. The molecule has 2 aliphatic carbocycles. The second-order valence-corrected chi connectivity index (χ2v) is 12.7. The summed E-state index contributed by atoms with van der Waals surface area (Å²) < 4.78 is 52.1. The number of hydrogen-bond donors (Lipinski definition) is 0. The zero-order valence-electron chi connectivity index (χ0n) is 21.4. The van der Waals surface area contributed by atoms with Crippen LogP contribution in [0.1, 0.15) is 47.9 Å². The van der Waals surface area contributed by atoms with Crippen molar-refractivity contribution in [2.45, 2.75) is 25.7 Å². The predicted octanol–water partition coefficient (Wildman–Crippen LogP) is 10.7. The van der Waals surface area contributed by atoms with Crippen LogP contribution in [0.2, 0.25) is 0 Å². The van der Waals surface area contributed by atoms with Crippen LogP contribution in [0, 0.1) is 23.3 Å². The Morgan fingerprint density at radius 3 is 1.15 bits per heavy atom. The molecule has 2 atom stereocenters. The molecule has 0 aliphatic heterocycles. The van der Waals surface area contributed by atoms with Gasteiger partial charge >= 0.3 is 138 Å². The molecule has 4 aromatic carbocycles. The molecule has 0 amide bonds. The van der Waals surface area contributed by atoms with Crippen LogP contribution in [0.4, 0.5) is 28.9 Å². The Labute approximate surface area is 237 Å². The number of hydrogen-bond acceptors (Lipinski definition) is 0. The smallest absolute Gasteiger partial charge is 0.111 e. The van der Waals surface area contributed by atoms with Crippen molar-refractivity contribution in [3.63, 3.8) is 0 Å². The largest absolute Gasteiger partial charge is 0.694 e. The van der Waals surface area contributed by atoms with E-state index in [-0.39, 0.29) is 0 Å². The first kappa shape index (κ1) is 28.6. The molecule has 0 heterocycles. The van der Waals surface area contributed by atoms with E-state index in [1.54, 1.807) is 6.56 Å². The minimum atomic E-state index is -0.824. The zero-order valence-corrected chi connectivity index (χ0v) is 23.9. The molecule has 7 heteroatoms. The number of rotatable bonds is 2. The van der Waals surface area contributed by atoms with Gasteiger partial charge in [0.1, 0.15) is 23.3 Å². The standard InChI is InChI=1S/2C10H9.2C6H4F2N.Zr/c2*1-8-6-7-9-4-2-3-5-10(8)9;2*7-4-2-1-3-5(8)6(4)9;/h2*2-5,7-8H,1H3;2*1-3,9H;/q;;2*-1;+2. The number of allylic oxidation sites excluding steroid dienone is 2. The third-order valence-electron chi connectivity index (χ3n) is 6.69. The monoisotopic (exact) mass is 604 g/mol. The van der Waals surface area contributed by atoms with Gasteiger partial charge in [0.15, 0.2) is 0 Å². The average Bonchev–Trinajstić information content (AvgIpc) is 3.42. The third kappa shape index (κ3) is 6.59. The SMILES string of the molecule is CC1[C]([Zr+2][C]2=Cc3ccccc3C2C)=Cc2ccccc21.[NH-]c1c(F)cccc1F.[NH-]c1c(F)cccc1F. The third-order valence-corrected chi connectivity index (χ3v) is 11.0. The molecule has 0 saturated carbocycles. The molecule has 2 N–H and O–H groups in total. The Bertz CT molecular complexity index is 1390. The molecule has 4 aromatic rings. The molecule has 0 spiro atoms. The summed E-state index contributed by atoms with van der Waals surface area (Å²) in [5, 5.41) is 0. The minimum absolute atomic E-state index is 0.629. The summed E-state index contributed by atoms with van der Waals surface area (Å²) in [5.74, 6) is -2.04. The fourth-order valence-electron chi connectivity index (χ4n) is 4.44. The van der Waals surface area contributed by atoms with Crippen LogP contribution in [0.5, 0.6) is 0 Å². The topological polar surface area (TPSA) is 47.6 Å². The molecule has 196 valence electrons. The van der Waals surface area contributed by atoms with Gasteiger partial charge in [0.25, 0.3) is 0 Å². The van der Waals surface area contributed by atoms with Crippen LogP contribution in [0.25, 0.3) is 23.6 Å².